The fraction of sp³-hybridized carbons (Fsp3) is 0.600. The normalized spacial score (nSPS) is 13.8. The third kappa shape index (κ3) is 3.06. The number of rotatable bonds is 3. The van der Waals surface area contributed by atoms with Gasteiger partial charge < -0.3 is 9.88 Å². The highest BCUT2D eigenvalue weighted by atomic mass is 15.1. The zero-order chi connectivity index (χ0) is 14.2. The van der Waals surface area contributed by atoms with Crippen LogP contribution in [0.4, 0.5) is 5.82 Å². The summed E-state index contributed by atoms with van der Waals surface area (Å²) in [5.41, 5.74) is 2.12. The minimum absolute atomic E-state index is 0.293. The number of aromatic nitrogens is 3. The molecule has 2 aromatic heterocycles. The Morgan fingerprint density at radius 3 is 2.47 bits per heavy atom. The Morgan fingerprint density at radius 1 is 1.21 bits per heavy atom. The fourth-order valence-corrected chi connectivity index (χ4v) is 1.87. The van der Waals surface area contributed by atoms with Gasteiger partial charge in [0.1, 0.15) is 11.6 Å². The lowest BCUT2D eigenvalue weighted by atomic mass is 9.80. The Labute approximate surface area is 115 Å². The van der Waals surface area contributed by atoms with Gasteiger partial charge in [0.15, 0.2) is 5.65 Å². The Bertz CT molecular complexity index is 563. The highest BCUT2D eigenvalue weighted by Gasteiger charge is 2.21. The lowest BCUT2D eigenvalue weighted by Gasteiger charge is -2.26. The van der Waals surface area contributed by atoms with Crippen LogP contribution in [0.2, 0.25) is 0 Å². The van der Waals surface area contributed by atoms with Gasteiger partial charge in [0, 0.05) is 20.5 Å². The standard InChI is InChI=1S/C15H24N4/c1-10(15(2,3)4)9-12-16-11-7-8-13(19(5)6)18-14(11)17-12/h7-8,10H,9H2,1-6H3,(H,16,17,18). The van der Waals surface area contributed by atoms with Crippen LogP contribution in [0.25, 0.3) is 11.2 Å². The summed E-state index contributed by atoms with van der Waals surface area (Å²) >= 11 is 0. The molecule has 0 radical (unpaired) electrons. The second kappa shape index (κ2) is 4.83. The van der Waals surface area contributed by atoms with Crippen molar-refractivity contribution in [2.45, 2.75) is 34.1 Å². The van der Waals surface area contributed by atoms with Gasteiger partial charge in [-0.05, 0) is 23.5 Å². The molecule has 4 nitrogen and oxygen atoms in total. The van der Waals surface area contributed by atoms with Gasteiger partial charge in [-0.15, -0.1) is 0 Å². The summed E-state index contributed by atoms with van der Waals surface area (Å²) in [5.74, 6) is 2.54. The number of anilines is 1. The first kappa shape index (κ1) is 13.8. The number of hydrogen-bond acceptors (Lipinski definition) is 3. The molecule has 1 unspecified atom stereocenters. The van der Waals surface area contributed by atoms with Gasteiger partial charge in [-0.3, -0.25) is 0 Å². The molecule has 1 atom stereocenters. The summed E-state index contributed by atoms with van der Waals surface area (Å²) in [6.07, 6.45) is 0.956. The monoisotopic (exact) mass is 260 g/mol. The van der Waals surface area contributed by atoms with E-state index in [2.05, 4.69) is 48.7 Å². The number of nitrogens with one attached hydrogen (secondary N) is 1. The van der Waals surface area contributed by atoms with Crippen LogP contribution in [0, 0.1) is 11.3 Å². The zero-order valence-electron chi connectivity index (χ0n) is 12.8. The molecule has 2 heterocycles. The number of H-pyrrole nitrogens is 1. The van der Waals surface area contributed by atoms with E-state index in [-0.39, 0.29) is 0 Å². The minimum Gasteiger partial charge on any atom is -0.363 e. The molecular formula is C15H24N4. The summed E-state index contributed by atoms with van der Waals surface area (Å²) in [7, 11) is 3.98. The molecule has 0 fully saturated rings. The quantitative estimate of drug-likeness (QED) is 0.921. The molecule has 0 aromatic carbocycles. The third-order valence-corrected chi connectivity index (χ3v) is 3.82. The molecule has 2 aromatic rings. The number of aromatic amines is 1. The van der Waals surface area contributed by atoms with Gasteiger partial charge in [-0.25, -0.2) is 9.97 Å². The summed E-state index contributed by atoms with van der Waals surface area (Å²) in [5, 5.41) is 0. The smallest absolute Gasteiger partial charge is 0.179 e. The van der Waals surface area contributed by atoms with E-state index in [4.69, 9.17) is 0 Å². The molecule has 0 saturated heterocycles. The van der Waals surface area contributed by atoms with Crippen molar-refractivity contribution in [2.24, 2.45) is 11.3 Å². The lowest BCUT2D eigenvalue weighted by molar-refractivity contribution is 0.257. The third-order valence-electron chi connectivity index (χ3n) is 3.82. The number of imidazole rings is 1. The number of nitrogens with zero attached hydrogens (tertiary/aromatic N) is 3. The molecule has 104 valence electrons. The largest absolute Gasteiger partial charge is 0.363 e. The van der Waals surface area contributed by atoms with E-state index in [0.717, 1.165) is 29.2 Å². The molecule has 0 bridgehead atoms. The maximum absolute atomic E-state index is 4.62. The molecule has 0 saturated carbocycles. The van der Waals surface area contributed by atoms with E-state index in [1.54, 1.807) is 0 Å². The zero-order valence-corrected chi connectivity index (χ0v) is 12.8. The van der Waals surface area contributed by atoms with Crippen molar-refractivity contribution in [1.29, 1.82) is 0 Å². The van der Waals surface area contributed by atoms with Crippen LogP contribution in [-0.2, 0) is 6.42 Å². The topological polar surface area (TPSA) is 44.8 Å². The van der Waals surface area contributed by atoms with E-state index in [9.17, 15) is 0 Å². The van der Waals surface area contributed by atoms with E-state index in [0.29, 0.717) is 11.3 Å². The number of pyridine rings is 1. The first-order valence-electron chi connectivity index (χ1n) is 6.80. The van der Waals surface area contributed by atoms with Crippen molar-refractivity contribution in [2.75, 3.05) is 19.0 Å². The Balaban J connectivity index is 2.27. The maximum atomic E-state index is 4.62. The van der Waals surface area contributed by atoms with Crippen LogP contribution in [0.3, 0.4) is 0 Å². The second-order valence-electron chi connectivity index (χ2n) is 6.59. The van der Waals surface area contributed by atoms with Crippen LogP contribution < -0.4 is 4.90 Å². The average Bonchev–Trinajstić information content (AvgIpc) is 2.68. The summed E-state index contributed by atoms with van der Waals surface area (Å²) in [4.78, 5) is 14.5. The van der Waals surface area contributed by atoms with Gasteiger partial charge in [0.25, 0.3) is 0 Å². The predicted octanol–water partition coefficient (Wildman–Crippen LogP) is 3.25. The van der Waals surface area contributed by atoms with Gasteiger partial charge in [-0.1, -0.05) is 27.7 Å². The van der Waals surface area contributed by atoms with Crippen LogP contribution >= 0.6 is 0 Å². The number of fused-ring (bicyclic) bond motifs is 1. The van der Waals surface area contributed by atoms with Crippen LogP contribution in [-0.4, -0.2) is 29.0 Å². The highest BCUT2D eigenvalue weighted by molar-refractivity contribution is 5.73. The molecule has 0 aliphatic heterocycles. The first-order valence-corrected chi connectivity index (χ1v) is 6.80. The Morgan fingerprint density at radius 2 is 1.89 bits per heavy atom. The number of hydrogen-bond donors (Lipinski definition) is 1. The molecule has 19 heavy (non-hydrogen) atoms. The van der Waals surface area contributed by atoms with Gasteiger partial charge in [0.2, 0.25) is 0 Å². The van der Waals surface area contributed by atoms with E-state index < -0.39 is 0 Å². The summed E-state index contributed by atoms with van der Waals surface area (Å²) in [6, 6.07) is 4.06. The second-order valence-corrected chi connectivity index (χ2v) is 6.59. The summed E-state index contributed by atoms with van der Waals surface area (Å²) in [6.45, 7) is 9.07. The van der Waals surface area contributed by atoms with Crippen molar-refractivity contribution in [3.05, 3.63) is 18.0 Å². The Kier molecular flexibility index (Phi) is 3.52. The van der Waals surface area contributed by atoms with Crippen molar-refractivity contribution in [3.8, 4) is 0 Å². The summed E-state index contributed by atoms with van der Waals surface area (Å²) < 4.78 is 0. The molecule has 2 rings (SSSR count). The SMILES string of the molecule is CC(Cc1nc2nc(N(C)C)ccc2[nH]1)C(C)(C)C. The van der Waals surface area contributed by atoms with Gasteiger partial charge in [0.05, 0.1) is 5.52 Å². The van der Waals surface area contributed by atoms with E-state index >= 15 is 0 Å². The minimum atomic E-state index is 0.293. The van der Waals surface area contributed by atoms with Crippen LogP contribution in [0.1, 0.15) is 33.5 Å². The van der Waals surface area contributed by atoms with Gasteiger partial charge >= 0.3 is 0 Å². The maximum Gasteiger partial charge on any atom is 0.179 e. The molecule has 0 amide bonds. The van der Waals surface area contributed by atoms with E-state index in [1.807, 2.05) is 25.1 Å². The van der Waals surface area contributed by atoms with Crippen LogP contribution in [0.5, 0.6) is 0 Å². The molecule has 4 heteroatoms. The Hall–Kier alpha value is -1.58. The van der Waals surface area contributed by atoms with Crippen molar-refractivity contribution in [1.82, 2.24) is 15.0 Å². The lowest BCUT2D eigenvalue weighted by Crippen LogP contribution is -2.19. The fourth-order valence-electron chi connectivity index (χ4n) is 1.87. The average molecular weight is 260 g/mol. The molecule has 1 N–H and O–H groups in total. The first-order chi connectivity index (χ1) is 8.77. The molecule has 0 aliphatic rings. The van der Waals surface area contributed by atoms with Crippen LogP contribution in [0.15, 0.2) is 12.1 Å². The van der Waals surface area contributed by atoms with Crippen molar-refractivity contribution < 1.29 is 0 Å². The van der Waals surface area contributed by atoms with Crippen molar-refractivity contribution in [3.63, 3.8) is 0 Å². The molecule has 0 spiro atoms. The molecule has 0 aliphatic carbocycles. The van der Waals surface area contributed by atoms with Gasteiger partial charge in [-0.2, -0.15) is 0 Å². The van der Waals surface area contributed by atoms with Crippen molar-refractivity contribution >= 4 is 17.0 Å². The highest BCUT2D eigenvalue weighted by Crippen LogP contribution is 2.28. The van der Waals surface area contributed by atoms with E-state index in [1.165, 1.54) is 0 Å². The predicted molar refractivity (Wildman–Crippen MR) is 80.5 cm³/mol. The molecular weight excluding hydrogens is 236 g/mol.